The van der Waals surface area contributed by atoms with Gasteiger partial charge < -0.3 is 14.7 Å². The van der Waals surface area contributed by atoms with Gasteiger partial charge in [0.15, 0.2) is 6.29 Å². The molecule has 2 aliphatic rings. The number of anilines is 1. The van der Waals surface area contributed by atoms with Crippen LogP contribution in [0.1, 0.15) is 39.6 Å². The summed E-state index contributed by atoms with van der Waals surface area (Å²) in [5.41, 5.74) is 2.34. The molecule has 0 saturated carbocycles. The molecule has 2 aromatic carbocycles. The number of aldehydes is 1. The van der Waals surface area contributed by atoms with Crippen molar-refractivity contribution >= 4 is 17.9 Å². The molecule has 27 heavy (non-hydrogen) atoms. The summed E-state index contributed by atoms with van der Waals surface area (Å²) in [5.74, 6) is -0.616. The van der Waals surface area contributed by atoms with Gasteiger partial charge in [-0.15, -0.1) is 0 Å². The lowest BCUT2D eigenvalue weighted by Crippen LogP contribution is -2.45. The van der Waals surface area contributed by atoms with E-state index in [1.54, 1.807) is 18.2 Å². The third-order valence-electron chi connectivity index (χ3n) is 5.92. The average Bonchev–Trinajstić information content (AvgIpc) is 3.07. The summed E-state index contributed by atoms with van der Waals surface area (Å²) in [7, 11) is 4.12. The van der Waals surface area contributed by atoms with Gasteiger partial charge in [0, 0.05) is 24.7 Å². The molecule has 1 saturated heterocycles. The van der Waals surface area contributed by atoms with Crippen molar-refractivity contribution in [3.8, 4) is 11.5 Å². The van der Waals surface area contributed by atoms with Gasteiger partial charge in [0.2, 0.25) is 0 Å². The normalized spacial score (nSPS) is 23.8. The SMILES string of the molecule is CN1CC[C@@]2(C)c3cc(OC(=O)c4ccccc4O)c(C=O)cc3N(C)C12. The number of benzene rings is 2. The van der Waals surface area contributed by atoms with E-state index < -0.39 is 5.97 Å². The number of para-hydroxylation sites is 1. The van der Waals surface area contributed by atoms with E-state index in [0.29, 0.717) is 11.8 Å². The van der Waals surface area contributed by atoms with E-state index in [1.165, 1.54) is 12.1 Å². The molecule has 0 aliphatic carbocycles. The number of likely N-dealkylation sites (N-methyl/N-ethyl adjacent to an activating group) is 2. The maximum Gasteiger partial charge on any atom is 0.347 e. The van der Waals surface area contributed by atoms with Crippen LogP contribution in [-0.2, 0) is 5.41 Å². The van der Waals surface area contributed by atoms with Gasteiger partial charge in [-0.3, -0.25) is 9.69 Å². The van der Waals surface area contributed by atoms with E-state index in [-0.39, 0.29) is 28.6 Å². The average molecular weight is 366 g/mol. The highest BCUT2D eigenvalue weighted by molar-refractivity contribution is 5.95. The molecule has 6 nitrogen and oxygen atoms in total. The third kappa shape index (κ3) is 2.51. The number of ether oxygens (including phenoxy) is 1. The first kappa shape index (κ1) is 17.5. The zero-order chi connectivity index (χ0) is 19.3. The second-order valence-electron chi connectivity index (χ2n) is 7.56. The Morgan fingerprint density at radius 3 is 2.74 bits per heavy atom. The van der Waals surface area contributed by atoms with Gasteiger partial charge in [0.05, 0.1) is 11.7 Å². The molecular weight excluding hydrogens is 344 g/mol. The van der Waals surface area contributed by atoms with E-state index in [2.05, 4.69) is 23.8 Å². The summed E-state index contributed by atoms with van der Waals surface area (Å²) in [4.78, 5) is 28.6. The van der Waals surface area contributed by atoms with Gasteiger partial charge >= 0.3 is 5.97 Å². The van der Waals surface area contributed by atoms with Crippen LogP contribution < -0.4 is 9.64 Å². The maximum atomic E-state index is 12.5. The molecule has 1 unspecified atom stereocenters. The smallest absolute Gasteiger partial charge is 0.347 e. The number of carbonyl (C=O) groups is 2. The number of carbonyl (C=O) groups excluding carboxylic acids is 2. The number of fused-ring (bicyclic) bond motifs is 3. The number of hydrogen-bond acceptors (Lipinski definition) is 6. The lowest BCUT2D eigenvalue weighted by molar-refractivity contribution is 0.0730. The first-order valence-electron chi connectivity index (χ1n) is 8.94. The number of phenolic OH excluding ortho intramolecular Hbond substituents is 1. The zero-order valence-corrected chi connectivity index (χ0v) is 15.6. The first-order valence-corrected chi connectivity index (χ1v) is 8.94. The van der Waals surface area contributed by atoms with E-state index in [1.807, 2.05) is 13.1 Å². The van der Waals surface area contributed by atoms with Gasteiger partial charge in [-0.1, -0.05) is 19.1 Å². The number of rotatable bonds is 3. The Hall–Kier alpha value is -2.86. The van der Waals surface area contributed by atoms with Crippen molar-refractivity contribution in [3.05, 3.63) is 53.1 Å². The molecule has 140 valence electrons. The number of aromatic hydroxyl groups is 1. The maximum absolute atomic E-state index is 12.5. The van der Waals surface area contributed by atoms with Crippen LogP contribution in [0.3, 0.4) is 0 Å². The standard InChI is InChI=1S/C21H22N2O4/c1-21-8-9-22(2)20(21)23(3)16-10-13(12-24)18(11-15(16)21)27-19(26)14-6-4-5-7-17(14)25/h4-7,10-12,20,25H,8-9H2,1-3H3/t20?,21-/m0/s1. The zero-order valence-electron chi connectivity index (χ0n) is 15.6. The largest absolute Gasteiger partial charge is 0.507 e. The molecule has 0 amide bonds. The molecule has 0 aromatic heterocycles. The van der Waals surface area contributed by atoms with E-state index >= 15 is 0 Å². The van der Waals surface area contributed by atoms with E-state index in [0.717, 1.165) is 24.2 Å². The Morgan fingerprint density at radius 1 is 1.30 bits per heavy atom. The van der Waals surface area contributed by atoms with Crippen LogP contribution in [0.4, 0.5) is 5.69 Å². The first-order chi connectivity index (χ1) is 12.9. The number of nitrogens with zero attached hydrogens (tertiary/aromatic N) is 2. The molecule has 2 atom stereocenters. The fraction of sp³-hybridized carbons (Fsp3) is 0.333. The fourth-order valence-corrected chi connectivity index (χ4v) is 4.59. The molecule has 0 radical (unpaired) electrons. The van der Waals surface area contributed by atoms with Crippen LogP contribution in [0.25, 0.3) is 0 Å². The van der Waals surface area contributed by atoms with Crippen LogP contribution in [0.5, 0.6) is 11.5 Å². The molecule has 6 heteroatoms. The Labute approximate surface area is 158 Å². The minimum Gasteiger partial charge on any atom is -0.507 e. The van der Waals surface area contributed by atoms with Crippen LogP contribution >= 0.6 is 0 Å². The number of esters is 1. The quantitative estimate of drug-likeness (QED) is 0.512. The van der Waals surface area contributed by atoms with E-state index in [4.69, 9.17) is 4.74 Å². The van der Waals surface area contributed by atoms with Crippen molar-refractivity contribution in [1.82, 2.24) is 4.90 Å². The highest BCUT2D eigenvalue weighted by atomic mass is 16.5. The van der Waals surface area contributed by atoms with Crippen molar-refractivity contribution in [3.63, 3.8) is 0 Å². The number of likely N-dealkylation sites (tertiary alicyclic amines) is 1. The Balaban J connectivity index is 1.76. The third-order valence-corrected chi connectivity index (χ3v) is 5.92. The Bertz CT molecular complexity index is 942. The van der Waals surface area contributed by atoms with Gasteiger partial charge in [-0.05, 0) is 43.3 Å². The molecule has 4 rings (SSSR count). The number of hydrogen-bond donors (Lipinski definition) is 1. The van der Waals surface area contributed by atoms with Crippen LogP contribution in [0.2, 0.25) is 0 Å². The van der Waals surface area contributed by atoms with Crippen molar-refractivity contribution < 1.29 is 19.4 Å². The number of phenols is 1. The summed E-state index contributed by atoms with van der Waals surface area (Å²) < 4.78 is 5.52. The molecule has 2 aromatic rings. The molecular formula is C21H22N2O4. The summed E-state index contributed by atoms with van der Waals surface area (Å²) in [6.45, 7) is 3.19. The van der Waals surface area contributed by atoms with Gasteiger partial charge in [-0.2, -0.15) is 0 Å². The Morgan fingerprint density at radius 2 is 2.04 bits per heavy atom. The topological polar surface area (TPSA) is 70.1 Å². The van der Waals surface area contributed by atoms with Gasteiger partial charge in [-0.25, -0.2) is 4.79 Å². The highest BCUT2D eigenvalue weighted by Crippen LogP contribution is 2.52. The van der Waals surface area contributed by atoms with Crippen molar-refractivity contribution in [2.45, 2.75) is 24.9 Å². The van der Waals surface area contributed by atoms with E-state index in [9.17, 15) is 14.7 Å². The van der Waals surface area contributed by atoms with Crippen LogP contribution in [-0.4, -0.2) is 49.1 Å². The summed E-state index contributed by atoms with van der Waals surface area (Å²) in [6, 6.07) is 9.79. The predicted molar refractivity (Wildman–Crippen MR) is 102 cm³/mol. The van der Waals surface area contributed by atoms with Crippen molar-refractivity contribution in [2.75, 3.05) is 25.5 Å². The molecule has 1 N–H and O–H groups in total. The lowest BCUT2D eigenvalue weighted by Gasteiger charge is -2.32. The minimum absolute atomic E-state index is 0.0663. The molecule has 2 heterocycles. The van der Waals surface area contributed by atoms with Crippen LogP contribution in [0, 0.1) is 0 Å². The minimum atomic E-state index is -0.687. The van der Waals surface area contributed by atoms with Crippen molar-refractivity contribution in [2.24, 2.45) is 0 Å². The van der Waals surface area contributed by atoms with Crippen molar-refractivity contribution in [1.29, 1.82) is 0 Å². The molecule has 0 spiro atoms. The molecule has 2 aliphatic heterocycles. The summed E-state index contributed by atoms with van der Waals surface area (Å²) in [6.07, 6.45) is 1.89. The fourth-order valence-electron chi connectivity index (χ4n) is 4.59. The lowest BCUT2D eigenvalue weighted by atomic mass is 9.81. The van der Waals surface area contributed by atoms with Crippen LogP contribution in [0.15, 0.2) is 36.4 Å². The predicted octanol–water partition coefficient (Wildman–Crippen LogP) is 2.79. The highest BCUT2D eigenvalue weighted by Gasteiger charge is 2.52. The second-order valence-corrected chi connectivity index (χ2v) is 7.56. The van der Waals surface area contributed by atoms with Gasteiger partial charge in [0.1, 0.15) is 17.1 Å². The molecule has 1 fully saturated rings. The monoisotopic (exact) mass is 366 g/mol. The summed E-state index contributed by atoms with van der Waals surface area (Å²) in [5, 5.41) is 9.89. The van der Waals surface area contributed by atoms with Gasteiger partial charge in [0.25, 0.3) is 0 Å². The molecule has 0 bridgehead atoms. The second kappa shape index (κ2) is 6.09. The summed E-state index contributed by atoms with van der Waals surface area (Å²) >= 11 is 0. The Kier molecular flexibility index (Phi) is 3.96.